The summed E-state index contributed by atoms with van der Waals surface area (Å²) in [5.41, 5.74) is 0. The van der Waals surface area contributed by atoms with Gasteiger partial charge in [0.2, 0.25) is 0 Å². The molecule has 2 rings (SSSR count). The Morgan fingerprint density at radius 3 is 0.760 bits per heavy atom. The van der Waals surface area contributed by atoms with Gasteiger partial charge < -0.3 is 23.7 Å². The predicted molar refractivity (Wildman–Crippen MR) is 101 cm³/mol. The molecule has 152 valence electrons. The van der Waals surface area contributed by atoms with E-state index in [1.165, 1.54) is 0 Å². The second-order valence-electron chi connectivity index (χ2n) is 5.75. The van der Waals surface area contributed by atoms with Crippen molar-refractivity contribution in [3.05, 3.63) is 0 Å². The molecule has 0 aromatic rings. The second kappa shape index (κ2) is 17.7. The molecule has 25 heavy (non-hydrogen) atoms. The van der Waals surface area contributed by atoms with E-state index in [2.05, 4.69) is 9.80 Å². The Labute approximate surface area is 164 Å². The number of rotatable bonds is 0. The maximum atomic E-state index is 5.80. The van der Waals surface area contributed by atoms with Gasteiger partial charge in [-0.1, -0.05) is 0 Å². The Morgan fingerprint density at radius 2 is 0.520 bits per heavy atom. The fraction of sp³-hybridized carbons (Fsp3) is 1.00. The molecule has 0 amide bonds. The molecule has 0 saturated carbocycles. The Balaban J connectivity index is 0.00000288. The van der Waals surface area contributed by atoms with Gasteiger partial charge in [-0.05, 0) is 0 Å². The van der Waals surface area contributed by atoms with Crippen LogP contribution in [0.2, 0.25) is 0 Å². The summed E-state index contributed by atoms with van der Waals surface area (Å²) in [6.45, 7) is 12.4. The Kier molecular flexibility index (Phi) is 17.9. The summed E-state index contributed by atoms with van der Waals surface area (Å²) in [5, 5.41) is 0. The largest absolute Gasteiger partial charge is 0.379 e. The lowest BCUT2D eigenvalue weighted by Crippen LogP contribution is -2.35. The molecule has 7 nitrogen and oxygen atoms in total. The van der Waals surface area contributed by atoms with Gasteiger partial charge in [-0.3, -0.25) is 9.80 Å². The van der Waals surface area contributed by atoms with Gasteiger partial charge in [0.15, 0.2) is 0 Å². The van der Waals surface area contributed by atoms with Crippen molar-refractivity contribution in [1.82, 2.24) is 9.80 Å². The van der Waals surface area contributed by atoms with Crippen LogP contribution in [-0.2, 0) is 23.7 Å². The van der Waals surface area contributed by atoms with Gasteiger partial charge in [0.1, 0.15) is 0 Å². The van der Waals surface area contributed by atoms with E-state index in [0.717, 1.165) is 78.9 Å². The van der Waals surface area contributed by atoms with Crippen molar-refractivity contribution in [2.24, 2.45) is 0 Å². The van der Waals surface area contributed by atoms with Crippen molar-refractivity contribution < 1.29 is 23.7 Å². The van der Waals surface area contributed by atoms with Crippen LogP contribution >= 0.6 is 24.8 Å². The number of ether oxygens (including phenoxy) is 5. The van der Waals surface area contributed by atoms with E-state index < -0.39 is 0 Å². The molecule has 2 bridgehead atoms. The van der Waals surface area contributed by atoms with E-state index in [0.29, 0.717) is 26.4 Å². The Morgan fingerprint density at radius 1 is 0.320 bits per heavy atom. The summed E-state index contributed by atoms with van der Waals surface area (Å²) >= 11 is 0. The first-order valence-corrected chi connectivity index (χ1v) is 8.78. The standard InChI is InChI=1S/C16H32N2O5.2ClH/c1-7-19-8-2-18-5-11-22-15-13-20-9-3-17(1)4-10-21-14-16-23-12-6-18;;/h1-16H2;2*1H. The van der Waals surface area contributed by atoms with Gasteiger partial charge in [0.05, 0.1) is 66.1 Å². The molecular weight excluding hydrogens is 371 g/mol. The SMILES string of the molecule is C1COCCN2CCOCCOCCN(CCO1)CCOCC2.Cl.Cl. The molecule has 0 aliphatic carbocycles. The van der Waals surface area contributed by atoms with E-state index in [9.17, 15) is 0 Å². The van der Waals surface area contributed by atoms with Crippen LogP contribution in [0.5, 0.6) is 0 Å². The van der Waals surface area contributed by atoms with E-state index in [1.54, 1.807) is 0 Å². The van der Waals surface area contributed by atoms with Gasteiger partial charge in [0.25, 0.3) is 0 Å². The zero-order valence-electron chi connectivity index (χ0n) is 15.1. The molecule has 2 aliphatic heterocycles. The smallest absolute Gasteiger partial charge is 0.0701 e. The lowest BCUT2D eigenvalue weighted by Gasteiger charge is -2.22. The van der Waals surface area contributed by atoms with Crippen LogP contribution in [0, 0.1) is 0 Å². The van der Waals surface area contributed by atoms with Gasteiger partial charge >= 0.3 is 0 Å². The number of hydrogen-bond acceptors (Lipinski definition) is 7. The van der Waals surface area contributed by atoms with Gasteiger partial charge in [-0.25, -0.2) is 0 Å². The van der Waals surface area contributed by atoms with Crippen LogP contribution in [0.3, 0.4) is 0 Å². The fourth-order valence-electron chi connectivity index (χ4n) is 2.58. The average Bonchev–Trinajstić information content (AvgIpc) is 2.57. The fourth-order valence-corrected chi connectivity index (χ4v) is 2.58. The van der Waals surface area contributed by atoms with Crippen molar-refractivity contribution >= 4 is 24.8 Å². The van der Waals surface area contributed by atoms with Crippen LogP contribution in [0.25, 0.3) is 0 Å². The van der Waals surface area contributed by atoms with Crippen LogP contribution < -0.4 is 0 Å². The first-order chi connectivity index (χ1) is 11.4. The minimum Gasteiger partial charge on any atom is -0.379 e. The Bertz CT molecular complexity index is 247. The molecule has 0 spiro atoms. The Hall–Kier alpha value is 0.300. The summed E-state index contributed by atoms with van der Waals surface area (Å²) in [6.07, 6.45) is 0. The van der Waals surface area contributed by atoms with Crippen LogP contribution in [0.15, 0.2) is 0 Å². The predicted octanol–water partition coefficient (Wildman–Crippen LogP) is 0.544. The number of fused-ring (bicyclic) bond motifs is 6. The van der Waals surface area contributed by atoms with Gasteiger partial charge in [-0.2, -0.15) is 0 Å². The summed E-state index contributed by atoms with van der Waals surface area (Å²) in [7, 11) is 0. The molecule has 2 aliphatic rings. The van der Waals surface area contributed by atoms with E-state index in [-0.39, 0.29) is 24.8 Å². The molecule has 2 saturated heterocycles. The first kappa shape index (κ1) is 25.3. The summed E-state index contributed by atoms with van der Waals surface area (Å²) in [5.74, 6) is 0. The summed E-state index contributed by atoms with van der Waals surface area (Å²) in [4.78, 5) is 4.66. The highest BCUT2D eigenvalue weighted by Crippen LogP contribution is 1.96. The molecule has 0 radical (unpaired) electrons. The minimum atomic E-state index is 0. The highest BCUT2D eigenvalue weighted by atomic mass is 35.5. The lowest BCUT2D eigenvalue weighted by atomic mass is 10.4. The molecule has 9 heteroatoms. The van der Waals surface area contributed by atoms with E-state index in [4.69, 9.17) is 23.7 Å². The molecule has 0 aromatic heterocycles. The van der Waals surface area contributed by atoms with Gasteiger partial charge in [0, 0.05) is 39.3 Å². The topological polar surface area (TPSA) is 52.6 Å². The molecule has 2 heterocycles. The first-order valence-electron chi connectivity index (χ1n) is 8.78. The summed E-state index contributed by atoms with van der Waals surface area (Å²) < 4.78 is 28.4. The molecule has 0 unspecified atom stereocenters. The number of nitrogens with zero attached hydrogens (tertiary/aromatic N) is 2. The zero-order chi connectivity index (χ0) is 16.0. The van der Waals surface area contributed by atoms with Gasteiger partial charge in [-0.15, -0.1) is 24.8 Å². The van der Waals surface area contributed by atoms with Crippen molar-refractivity contribution in [2.75, 3.05) is 105 Å². The third kappa shape index (κ3) is 13.2. The molecule has 0 atom stereocenters. The van der Waals surface area contributed by atoms with E-state index in [1.807, 2.05) is 0 Å². The average molecular weight is 405 g/mol. The lowest BCUT2D eigenvalue weighted by molar-refractivity contribution is 0.00977. The minimum absolute atomic E-state index is 0. The number of hydrogen-bond donors (Lipinski definition) is 0. The quantitative estimate of drug-likeness (QED) is 0.546. The maximum absolute atomic E-state index is 5.80. The van der Waals surface area contributed by atoms with E-state index >= 15 is 0 Å². The van der Waals surface area contributed by atoms with Crippen LogP contribution in [-0.4, -0.2) is 115 Å². The van der Waals surface area contributed by atoms with Crippen molar-refractivity contribution in [1.29, 1.82) is 0 Å². The van der Waals surface area contributed by atoms with Crippen molar-refractivity contribution in [2.45, 2.75) is 0 Å². The number of halogens is 2. The van der Waals surface area contributed by atoms with Crippen LogP contribution in [0.4, 0.5) is 0 Å². The molecule has 0 aromatic carbocycles. The molecule has 2 fully saturated rings. The monoisotopic (exact) mass is 404 g/mol. The molecule has 0 N–H and O–H groups in total. The van der Waals surface area contributed by atoms with Crippen molar-refractivity contribution in [3.63, 3.8) is 0 Å². The highest BCUT2D eigenvalue weighted by molar-refractivity contribution is 5.85. The zero-order valence-corrected chi connectivity index (χ0v) is 16.7. The summed E-state index contributed by atoms with van der Waals surface area (Å²) in [6, 6.07) is 0. The second-order valence-corrected chi connectivity index (χ2v) is 5.75. The third-order valence-electron chi connectivity index (χ3n) is 4.06. The van der Waals surface area contributed by atoms with Crippen molar-refractivity contribution in [3.8, 4) is 0 Å². The maximum Gasteiger partial charge on any atom is 0.0701 e. The van der Waals surface area contributed by atoms with Crippen LogP contribution in [0.1, 0.15) is 0 Å². The molecular formula is C16H34Cl2N2O5. The third-order valence-corrected chi connectivity index (χ3v) is 4.06. The highest BCUT2D eigenvalue weighted by Gasteiger charge is 2.09. The normalized spacial score (nSPS) is 28.8.